The number of nitrogens with zero attached hydrogens (tertiary/aromatic N) is 2. The first-order chi connectivity index (χ1) is 17.9. The fraction of sp³-hybridized carbons (Fsp3) is 0.241. The van der Waals surface area contributed by atoms with E-state index in [0.29, 0.717) is 28.9 Å². The number of fused-ring (bicyclic) bond motifs is 1. The summed E-state index contributed by atoms with van der Waals surface area (Å²) in [6.45, 7) is 1.77. The lowest BCUT2D eigenvalue weighted by atomic mass is 9.78. The van der Waals surface area contributed by atoms with Gasteiger partial charge in [0, 0.05) is 36.2 Å². The minimum absolute atomic E-state index is 0.0593. The van der Waals surface area contributed by atoms with Gasteiger partial charge >= 0.3 is 0 Å². The largest absolute Gasteiger partial charge is 0.497 e. The number of non-ortho nitro benzene ring substituents is 1. The Kier molecular flexibility index (Phi) is 6.48. The van der Waals surface area contributed by atoms with E-state index in [4.69, 9.17) is 4.74 Å². The van der Waals surface area contributed by atoms with Gasteiger partial charge in [-0.15, -0.1) is 0 Å². The van der Waals surface area contributed by atoms with Crippen molar-refractivity contribution >= 4 is 28.8 Å². The highest BCUT2D eigenvalue weighted by molar-refractivity contribution is 6.06. The van der Waals surface area contributed by atoms with Crippen LogP contribution < -0.4 is 15.0 Å². The Labute approximate surface area is 214 Å². The van der Waals surface area contributed by atoms with Crippen LogP contribution in [-0.2, 0) is 9.59 Å². The van der Waals surface area contributed by atoms with Gasteiger partial charge < -0.3 is 10.1 Å². The number of ether oxygens (including phenoxy) is 1. The van der Waals surface area contributed by atoms with Crippen molar-refractivity contribution in [3.05, 3.63) is 105 Å². The number of carbonyl (C=O) groups is 2. The second-order valence-electron chi connectivity index (χ2n) is 9.21. The number of ketones is 1. The molecule has 0 radical (unpaired) electrons. The Morgan fingerprint density at radius 2 is 1.81 bits per heavy atom. The third kappa shape index (κ3) is 4.46. The Morgan fingerprint density at radius 3 is 2.51 bits per heavy atom. The first-order valence-corrected chi connectivity index (χ1v) is 12.2. The topological polar surface area (TPSA) is 102 Å². The van der Waals surface area contributed by atoms with E-state index in [-0.39, 0.29) is 36.1 Å². The van der Waals surface area contributed by atoms with Crippen LogP contribution in [0.1, 0.15) is 49.3 Å². The van der Waals surface area contributed by atoms with Crippen LogP contribution in [0.25, 0.3) is 0 Å². The molecule has 1 aliphatic carbocycles. The molecule has 0 saturated heterocycles. The first kappa shape index (κ1) is 24.2. The van der Waals surface area contributed by atoms with Gasteiger partial charge in [-0.3, -0.25) is 24.6 Å². The highest BCUT2D eigenvalue weighted by atomic mass is 16.6. The number of hydrogen-bond donors (Lipinski definition) is 1. The van der Waals surface area contributed by atoms with Crippen LogP contribution in [-0.4, -0.2) is 23.7 Å². The average Bonchev–Trinajstić information content (AvgIpc) is 3.07. The fourth-order valence-corrected chi connectivity index (χ4v) is 5.27. The molecular weight excluding hydrogens is 470 g/mol. The molecule has 0 unspecified atom stereocenters. The molecule has 2 aliphatic rings. The molecule has 2 atom stereocenters. The maximum absolute atomic E-state index is 13.9. The number of benzene rings is 3. The van der Waals surface area contributed by atoms with Gasteiger partial charge in [-0.1, -0.05) is 43.3 Å². The zero-order valence-electron chi connectivity index (χ0n) is 20.6. The summed E-state index contributed by atoms with van der Waals surface area (Å²) >= 11 is 0. The van der Waals surface area contributed by atoms with E-state index in [1.54, 1.807) is 31.1 Å². The predicted octanol–water partition coefficient (Wildman–Crippen LogP) is 5.91. The fourth-order valence-electron chi connectivity index (χ4n) is 5.27. The SMILES string of the molecule is CCC(=O)N1c2ccccc2NC2=C(C(=O)C[C@H](c3ccc(OC)cc3)C2)[C@H]1c1cccc([N+](=O)[O-])c1. The molecule has 3 aromatic carbocycles. The van der Waals surface area contributed by atoms with E-state index < -0.39 is 11.0 Å². The van der Waals surface area contributed by atoms with E-state index in [1.807, 2.05) is 48.5 Å². The number of Topliss-reactive ketones (excluding diaryl/α,β-unsaturated/α-hetero) is 1. The summed E-state index contributed by atoms with van der Waals surface area (Å²) in [5.41, 5.74) is 4.01. The molecular formula is C29H27N3O5. The van der Waals surface area contributed by atoms with E-state index >= 15 is 0 Å². The Hall–Kier alpha value is -4.46. The van der Waals surface area contributed by atoms with Gasteiger partial charge in [-0.05, 0) is 47.7 Å². The second-order valence-corrected chi connectivity index (χ2v) is 9.21. The molecule has 3 aromatic rings. The van der Waals surface area contributed by atoms with Crippen LogP contribution in [0.4, 0.5) is 17.1 Å². The van der Waals surface area contributed by atoms with Gasteiger partial charge in [0.25, 0.3) is 5.69 Å². The van der Waals surface area contributed by atoms with Gasteiger partial charge in [0.15, 0.2) is 5.78 Å². The highest BCUT2D eigenvalue weighted by Crippen LogP contribution is 2.48. The first-order valence-electron chi connectivity index (χ1n) is 12.2. The summed E-state index contributed by atoms with van der Waals surface area (Å²) in [5, 5.41) is 15.1. The smallest absolute Gasteiger partial charge is 0.269 e. The number of amides is 1. The number of nitrogens with one attached hydrogen (secondary N) is 1. The van der Waals surface area contributed by atoms with Crippen molar-refractivity contribution in [2.24, 2.45) is 0 Å². The number of methoxy groups -OCH3 is 1. The lowest BCUT2D eigenvalue weighted by Crippen LogP contribution is -2.38. The van der Waals surface area contributed by atoms with Crippen molar-refractivity contribution in [2.75, 3.05) is 17.3 Å². The van der Waals surface area contributed by atoms with Crippen LogP contribution in [0.3, 0.4) is 0 Å². The van der Waals surface area contributed by atoms with Gasteiger partial charge in [-0.25, -0.2) is 0 Å². The summed E-state index contributed by atoms with van der Waals surface area (Å²) in [7, 11) is 1.61. The van der Waals surface area contributed by atoms with Crippen molar-refractivity contribution in [3.63, 3.8) is 0 Å². The van der Waals surface area contributed by atoms with Crippen LogP contribution >= 0.6 is 0 Å². The molecule has 5 rings (SSSR count). The Bertz CT molecular complexity index is 1410. The Morgan fingerprint density at radius 1 is 1.05 bits per heavy atom. The standard InChI is InChI=1S/C29H27N3O5/c1-3-27(34)31-25-10-5-4-9-23(25)30-24-16-20(18-11-13-22(37-2)14-12-18)17-26(33)28(24)29(31)19-7-6-8-21(15-19)32(35)36/h4-15,20,29-30H,3,16-17H2,1-2H3/t20-,29-/m1/s1. The number of carbonyl (C=O) groups excluding carboxylic acids is 2. The highest BCUT2D eigenvalue weighted by Gasteiger charge is 2.41. The summed E-state index contributed by atoms with van der Waals surface area (Å²) in [6, 6.07) is 20.6. The van der Waals surface area contributed by atoms with Crippen molar-refractivity contribution < 1.29 is 19.2 Å². The summed E-state index contributed by atoms with van der Waals surface area (Å²) in [6.07, 6.45) is 1.04. The van der Waals surface area contributed by atoms with Crippen molar-refractivity contribution in [3.8, 4) is 5.75 Å². The van der Waals surface area contributed by atoms with E-state index in [0.717, 1.165) is 17.0 Å². The van der Waals surface area contributed by atoms with Crippen LogP contribution in [0.5, 0.6) is 5.75 Å². The van der Waals surface area contributed by atoms with E-state index in [9.17, 15) is 19.7 Å². The molecule has 8 heteroatoms. The maximum Gasteiger partial charge on any atom is 0.269 e. The molecule has 0 spiro atoms. The van der Waals surface area contributed by atoms with E-state index in [1.165, 1.54) is 12.1 Å². The molecule has 0 bridgehead atoms. The third-order valence-electron chi connectivity index (χ3n) is 7.04. The van der Waals surface area contributed by atoms with Gasteiger partial charge in [0.05, 0.1) is 29.4 Å². The zero-order chi connectivity index (χ0) is 26.1. The number of nitro benzene ring substituents is 1. The van der Waals surface area contributed by atoms with Crippen LogP contribution in [0.2, 0.25) is 0 Å². The average molecular weight is 498 g/mol. The molecule has 0 aromatic heterocycles. The molecule has 1 heterocycles. The Balaban J connectivity index is 1.69. The molecule has 0 saturated carbocycles. The van der Waals surface area contributed by atoms with Gasteiger partial charge in [0.2, 0.25) is 5.91 Å². The number of hydrogen-bond acceptors (Lipinski definition) is 6. The second kappa shape index (κ2) is 9.89. The molecule has 1 aliphatic heterocycles. The van der Waals surface area contributed by atoms with Crippen LogP contribution in [0, 0.1) is 10.1 Å². The van der Waals surface area contributed by atoms with Crippen LogP contribution in [0.15, 0.2) is 84.1 Å². The summed E-state index contributed by atoms with van der Waals surface area (Å²) in [5.74, 6) is 0.417. The molecule has 37 heavy (non-hydrogen) atoms. The minimum Gasteiger partial charge on any atom is -0.497 e. The maximum atomic E-state index is 13.9. The van der Waals surface area contributed by atoms with Crippen molar-refractivity contribution in [1.29, 1.82) is 0 Å². The lowest BCUT2D eigenvalue weighted by molar-refractivity contribution is -0.384. The molecule has 1 amide bonds. The molecule has 0 fully saturated rings. The number of nitro groups is 1. The van der Waals surface area contributed by atoms with Gasteiger partial charge in [0.1, 0.15) is 5.75 Å². The number of para-hydroxylation sites is 2. The molecule has 1 N–H and O–H groups in total. The van der Waals surface area contributed by atoms with Crippen molar-refractivity contribution in [2.45, 2.75) is 38.1 Å². The van der Waals surface area contributed by atoms with E-state index in [2.05, 4.69) is 5.32 Å². The normalized spacial score (nSPS) is 18.9. The van der Waals surface area contributed by atoms with Crippen molar-refractivity contribution in [1.82, 2.24) is 0 Å². The minimum atomic E-state index is -0.789. The lowest BCUT2D eigenvalue weighted by Gasteiger charge is -2.35. The predicted molar refractivity (Wildman–Crippen MR) is 141 cm³/mol. The third-order valence-corrected chi connectivity index (χ3v) is 7.04. The number of rotatable bonds is 5. The number of anilines is 2. The van der Waals surface area contributed by atoms with Gasteiger partial charge in [-0.2, -0.15) is 0 Å². The zero-order valence-corrected chi connectivity index (χ0v) is 20.6. The quantitative estimate of drug-likeness (QED) is 0.347. The molecule has 188 valence electrons. The number of allylic oxidation sites excluding steroid dienone is 1. The summed E-state index contributed by atoms with van der Waals surface area (Å²) < 4.78 is 5.28. The monoisotopic (exact) mass is 497 g/mol. The summed E-state index contributed by atoms with van der Waals surface area (Å²) in [4.78, 5) is 40.1. The molecule has 8 nitrogen and oxygen atoms in total.